The zero-order chi connectivity index (χ0) is 20.1. The van der Waals surface area contributed by atoms with Crippen LogP contribution in [0.1, 0.15) is 23.8 Å². The van der Waals surface area contributed by atoms with E-state index in [9.17, 15) is 9.59 Å². The number of hydrogen-bond acceptors (Lipinski definition) is 8. The molecule has 2 amide bonds. The average molecular weight is 397 g/mol. The molecule has 0 saturated heterocycles. The smallest absolute Gasteiger partial charge is 0.271 e. The molecule has 0 aliphatic heterocycles. The summed E-state index contributed by atoms with van der Waals surface area (Å²) < 4.78 is 4.40. The topological polar surface area (TPSA) is 149 Å². The number of aromatic nitrogens is 3. The van der Waals surface area contributed by atoms with E-state index in [0.29, 0.717) is 17.2 Å². The third kappa shape index (κ3) is 4.41. The summed E-state index contributed by atoms with van der Waals surface area (Å²) in [5.74, 6) is -0.768. The van der Waals surface area contributed by atoms with E-state index in [1.54, 1.807) is 0 Å². The van der Waals surface area contributed by atoms with Gasteiger partial charge in [-0.1, -0.05) is 37.3 Å². The van der Waals surface area contributed by atoms with E-state index in [2.05, 4.69) is 25.0 Å². The Bertz CT molecular complexity index is 991. The fourth-order valence-corrected chi connectivity index (χ4v) is 3.14. The number of nitrogens with two attached hydrogens (primary N) is 2. The van der Waals surface area contributed by atoms with E-state index in [0.717, 1.165) is 11.3 Å². The third-order valence-corrected chi connectivity index (χ3v) is 4.61. The van der Waals surface area contributed by atoms with Gasteiger partial charge in [0.2, 0.25) is 5.91 Å². The van der Waals surface area contributed by atoms with Crippen molar-refractivity contribution < 1.29 is 9.59 Å². The predicted molar refractivity (Wildman–Crippen MR) is 108 cm³/mol. The van der Waals surface area contributed by atoms with Crippen LogP contribution in [0.3, 0.4) is 0 Å². The summed E-state index contributed by atoms with van der Waals surface area (Å²) >= 11 is 1.21. The Labute approximate surface area is 165 Å². The van der Waals surface area contributed by atoms with E-state index < -0.39 is 17.9 Å². The molecule has 1 aromatic carbocycles. The molecular weight excluding hydrogens is 378 g/mol. The van der Waals surface area contributed by atoms with Crippen molar-refractivity contribution in [3.63, 3.8) is 0 Å². The Hall–Kier alpha value is -3.53. The molecule has 6 N–H and O–H groups in total. The number of carbonyl (C=O) groups excluding carboxylic acids is 2. The van der Waals surface area contributed by atoms with E-state index in [1.165, 1.54) is 17.7 Å². The van der Waals surface area contributed by atoms with Gasteiger partial charge in [-0.15, -0.1) is 0 Å². The van der Waals surface area contributed by atoms with Gasteiger partial charge in [-0.2, -0.15) is 4.37 Å². The normalized spacial score (nSPS) is 11.6. The summed E-state index contributed by atoms with van der Waals surface area (Å²) in [7, 11) is 0. The molecule has 0 fully saturated rings. The number of primary amides is 2. The second kappa shape index (κ2) is 8.44. The molecule has 144 valence electrons. The molecule has 9 nitrogen and oxygen atoms in total. The van der Waals surface area contributed by atoms with Gasteiger partial charge in [-0.3, -0.25) is 9.59 Å². The number of benzene rings is 1. The molecule has 10 heteroatoms. The third-order valence-electron chi connectivity index (χ3n) is 3.90. The minimum atomic E-state index is -0.726. The van der Waals surface area contributed by atoms with E-state index >= 15 is 0 Å². The number of amides is 2. The maximum Gasteiger partial charge on any atom is 0.271 e. The highest BCUT2D eigenvalue weighted by molar-refractivity contribution is 7.10. The zero-order valence-corrected chi connectivity index (χ0v) is 15.9. The fraction of sp³-hybridized carbons (Fsp3) is 0.167. The van der Waals surface area contributed by atoms with Crippen molar-refractivity contribution in [3.8, 4) is 11.3 Å². The number of nitrogens with one attached hydrogen (secondary N) is 2. The Morgan fingerprint density at radius 1 is 1.21 bits per heavy atom. The average Bonchev–Trinajstić information content (AvgIpc) is 3.15. The van der Waals surface area contributed by atoms with Crippen LogP contribution in [0, 0.1) is 0 Å². The van der Waals surface area contributed by atoms with Crippen molar-refractivity contribution in [1.29, 1.82) is 0 Å². The molecule has 0 bridgehead atoms. The molecule has 0 spiro atoms. The molecule has 0 saturated carbocycles. The van der Waals surface area contributed by atoms with E-state index in [1.807, 2.05) is 43.3 Å². The van der Waals surface area contributed by atoms with Crippen LogP contribution in [0.25, 0.3) is 11.3 Å². The van der Waals surface area contributed by atoms with Crippen molar-refractivity contribution in [2.24, 2.45) is 11.5 Å². The Balaban J connectivity index is 1.87. The first-order chi connectivity index (χ1) is 13.5. The monoisotopic (exact) mass is 397 g/mol. The Kier molecular flexibility index (Phi) is 5.80. The van der Waals surface area contributed by atoms with Gasteiger partial charge in [0.1, 0.15) is 16.9 Å². The lowest BCUT2D eigenvalue weighted by Gasteiger charge is -2.15. The molecule has 3 rings (SSSR count). The summed E-state index contributed by atoms with van der Waals surface area (Å²) in [6.07, 6.45) is 1.81. The van der Waals surface area contributed by atoms with Gasteiger partial charge in [0.05, 0.1) is 11.9 Å². The van der Waals surface area contributed by atoms with Gasteiger partial charge in [0.15, 0.2) is 11.5 Å². The van der Waals surface area contributed by atoms with Crippen LogP contribution in [0.15, 0.2) is 42.6 Å². The Morgan fingerprint density at radius 3 is 2.61 bits per heavy atom. The highest BCUT2D eigenvalue weighted by Gasteiger charge is 2.18. The first-order valence-electron chi connectivity index (χ1n) is 8.49. The number of carbonyl (C=O) groups is 2. The SMILES string of the molecule is CC[C@@H](Nc1cnc(C(N)=O)c(Nc2cc(-c3ccccc3)ns2)n1)C(N)=O. The quantitative estimate of drug-likeness (QED) is 0.455. The number of nitrogens with zero attached hydrogens (tertiary/aromatic N) is 3. The predicted octanol–water partition coefficient (Wildman–Crippen LogP) is 2.12. The zero-order valence-electron chi connectivity index (χ0n) is 15.0. The summed E-state index contributed by atoms with van der Waals surface area (Å²) in [5.41, 5.74) is 12.5. The van der Waals surface area contributed by atoms with Gasteiger partial charge < -0.3 is 22.1 Å². The van der Waals surface area contributed by atoms with E-state index in [-0.39, 0.29) is 11.5 Å². The fourth-order valence-electron chi connectivity index (χ4n) is 2.47. The van der Waals surface area contributed by atoms with Gasteiger partial charge in [-0.25, -0.2) is 9.97 Å². The summed E-state index contributed by atoms with van der Waals surface area (Å²) in [4.78, 5) is 31.5. The van der Waals surface area contributed by atoms with Crippen LogP contribution in [-0.2, 0) is 4.79 Å². The second-order valence-corrected chi connectivity index (χ2v) is 6.70. The van der Waals surface area contributed by atoms with Gasteiger partial charge >= 0.3 is 0 Å². The summed E-state index contributed by atoms with van der Waals surface area (Å²) in [5, 5.41) is 6.59. The van der Waals surface area contributed by atoms with Gasteiger partial charge in [0, 0.05) is 11.6 Å². The molecule has 3 aromatic rings. The molecule has 1 atom stereocenters. The summed E-state index contributed by atoms with van der Waals surface area (Å²) in [6.45, 7) is 1.81. The van der Waals surface area contributed by atoms with Crippen LogP contribution < -0.4 is 22.1 Å². The largest absolute Gasteiger partial charge is 0.368 e. The highest BCUT2D eigenvalue weighted by Crippen LogP contribution is 2.28. The lowest BCUT2D eigenvalue weighted by Crippen LogP contribution is -2.35. The van der Waals surface area contributed by atoms with Crippen LogP contribution in [-0.4, -0.2) is 32.2 Å². The van der Waals surface area contributed by atoms with Crippen LogP contribution in [0.2, 0.25) is 0 Å². The lowest BCUT2D eigenvalue weighted by atomic mass is 10.2. The second-order valence-electron chi connectivity index (χ2n) is 5.89. The molecule has 0 aliphatic rings. The van der Waals surface area contributed by atoms with Crippen molar-refractivity contribution in [2.75, 3.05) is 10.6 Å². The Morgan fingerprint density at radius 2 is 1.96 bits per heavy atom. The number of hydrogen-bond donors (Lipinski definition) is 4. The van der Waals surface area contributed by atoms with Crippen LogP contribution >= 0.6 is 11.5 Å². The van der Waals surface area contributed by atoms with Crippen molar-refractivity contribution in [2.45, 2.75) is 19.4 Å². The van der Waals surface area contributed by atoms with Crippen molar-refractivity contribution in [1.82, 2.24) is 14.3 Å². The van der Waals surface area contributed by atoms with Crippen molar-refractivity contribution in [3.05, 3.63) is 48.3 Å². The minimum Gasteiger partial charge on any atom is -0.368 e. The minimum absolute atomic E-state index is 0.0210. The lowest BCUT2D eigenvalue weighted by molar-refractivity contribution is -0.118. The maximum atomic E-state index is 11.7. The van der Waals surface area contributed by atoms with Crippen LogP contribution in [0.5, 0.6) is 0 Å². The van der Waals surface area contributed by atoms with E-state index in [4.69, 9.17) is 11.5 Å². The first-order valence-corrected chi connectivity index (χ1v) is 9.27. The maximum absolute atomic E-state index is 11.7. The summed E-state index contributed by atoms with van der Waals surface area (Å²) in [6, 6.07) is 10.9. The number of anilines is 3. The molecule has 2 aromatic heterocycles. The molecule has 0 unspecified atom stereocenters. The molecule has 0 aliphatic carbocycles. The van der Waals surface area contributed by atoms with Gasteiger partial charge in [0.25, 0.3) is 5.91 Å². The molecule has 28 heavy (non-hydrogen) atoms. The standard InChI is InChI=1S/C18H19N7O2S/c1-2-11(16(19)26)22-13-9-21-15(17(20)27)18(23-13)24-14-8-12(25-28-14)10-6-4-3-5-7-10/h3-9,11H,2H2,1H3,(H2,19,26)(H2,20,27)(H2,22,23,24)/t11-/m1/s1. The number of rotatable bonds is 8. The van der Waals surface area contributed by atoms with Gasteiger partial charge in [-0.05, 0) is 18.0 Å². The molecular formula is C18H19N7O2S. The van der Waals surface area contributed by atoms with Crippen molar-refractivity contribution >= 4 is 40.0 Å². The first kappa shape index (κ1) is 19.2. The highest BCUT2D eigenvalue weighted by atomic mass is 32.1. The van der Waals surface area contributed by atoms with Crippen LogP contribution in [0.4, 0.5) is 16.6 Å². The molecule has 0 radical (unpaired) electrons. The molecule has 2 heterocycles.